The lowest BCUT2D eigenvalue weighted by molar-refractivity contribution is -0.255. The molecule has 1 aliphatic carbocycles. The van der Waals surface area contributed by atoms with Crippen molar-refractivity contribution in [3.63, 3.8) is 0 Å². The standard InChI is InChI=1S/C16H20N2O3S/c19-14(17-10-8-12-5-2-1-3-6-12)11-22-15-13(16(20)21)7-4-9-18-15/h4-5,7,9H,1-3,6,8,10-11H2,(H,17,19)(H,20,21)/p-1. The summed E-state index contributed by atoms with van der Waals surface area (Å²) in [6.07, 6.45) is 9.44. The quantitative estimate of drug-likeness (QED) is 0.609. The number of aromatic nitrogens is 1. The summed E-state index contributed by atoms with van der Waals surface area (Å²) in [6, 6.07) is 2.96. The molecule has 118 valence electrons. The molecule has 1 heterocycles. The second-order valence-corrected chi connectivity index (χ2v) is 6.10. The molecule has 0 aromatic carbocycles. The molecular formula is C16H19N2O3S-. The van der Waals surface area contributed by atoms with Gasteiger partial charge in [-0.25, -0.2) is 4.98 Å². The fourth-order valence-corrected chi connectivity index (χ4v) is 3.15. The lowest BCUT2D eigenvalue weighted by Gasteiger charge is -2.13. The second-order valence-electron chi connectivity index (χ2n) is 5.14. The van der Waals surface area contributed by atoms with Crippen molar-refractivity contribution in [2.45, 2.75) is 37.1 Å². The van der Waals surface area contributed by atoms with Crippen LogP contribution in [-0.4, -0.2) is 29.2 Å². The van der Waals surface area contributed by atoms with Gasteiger partial charge in [-0.3, -0.25) is 4.79 Å². The zero-order chi connectivity index (χ0) is 15.8. The maximum atomic E-state index is 11.8. The predicted molar refractivity (Wildman–Crippen MR) is 83.5 cm³/mol. The van der Waals surface area contributed by atoms with Crippen molar-refractivity contribution in [3.8, 4) is 0 Å². The number of carboxylic acid groups (broad SMARTS) is 1. The Morgan fingerprint density at radius 1 is 1.36 bits per heavy atom. The molecule has 0 spiro atoms. The van der Waals surface area contributed by atoms with Crippen LogP contribution in [0.4, 0.5) is 0 Å². The molecule has 0 bridgehead atoms. The van der Waals surface area contributed by atoms with Crippen LogP contribution in [0.1, 0.15) is 42.5 Å². The van der Waals surface area contributed by atoms with Crippen LogP contribution in [0.15, 0.2) is 35.0 Å². The zero-order valence-electron chi connectivity index (χ0n) is 12.3. The van der Waals surface area contributed by atoms with Crippen molar-refractivity contribution in [2.75, 3.05) is 12.3 Å². The van der Waals surface area contributed by atoms with Gasteiger partial charge in [-0.2, -0.15) is 0 Å². The molecule has 0 saturated heterocycles. The van der Waals surface area contributed by atoms with E-state index in [0.29, 0.717) is 11.6 Å². The zero-order valence-corrected chi connectivity index (χ0v) is 13.2. The first-order valence-corrected chi connectivity index (χ1v) is 8.39. The van der Waals surface area contributed by atoms with Crippen LogP contribution in [0.3, 0.4) is 0 Å². The number of allylic oxidation sites excluding steroid dienone is 1. The Balaban J connectivity index is 1.74. The molecular weight excluding hydrogens is 300 g/mol. The third-order valence-corrected chi connectivity index (χ3v) is 4.49. The highest BCUT2D eigenvalue weighted by atomic mass is 32.2. The fourth-order valence-electron chi connectivity index (χ4n) is 2.34. The molecule has 0 fully saturated rings. The third kappa shape index (κ3) is 5.18. The molecule has 1 aromatic rings. The van der Waals surface area contributed by atoms with Gasteiger partial charge in [-0.05, 0) is 44.2 Å². The van der Waals surface area contributed by atoms with E-state index in [1.807, 2.05) is 0 Å². The van der Waals surface area contributed by atoms with E-state index in [2.05, 4.69) is 16.4 Å². The van der Waals surface area contributed by atoms with Crippen molar-refractivity contribution in [1.82, 2.24) is 10.3 Å². The van der Waals surface area contributed by atoms with E-state index >= 15 is 0 Å². The van der Waals surface area contributed by atoms with Crippen LogP contribution in [-0.2, 0) is 4.79 Å². The maximum Gasteiger partial charge on any atom is 0.230 e. The molecule has 0 radical (unpaired) electrons. The molecule has 22 heavy (non-hydrogen) atoms. The lowest BCUT2D eigenvalue weighted by atomic mass is 9.97. The number of rotatable bonds is 7. The third-order valence-electron chi connectivity index (χ3n) is 3.48. The smallest absolute Gasteiger partial charge is 0.230 e. The SMILES string of the molecule is O=C(CSc1ncccc1C(=O)[O-])NCCC1=CCCCC1. The van der Waals surface area contributed by atoms with Gasteiger partial charge in [0.25, 0.3) is 0 Å². The molecule has 1 N–H and O–H groups in total. The monoisotopic (exact) mass is 319 g/mol. The number of aromatic carboxylic acids is 1. The average molecular weight is 319 g/mol. The number of hydrogen-bond acceptors (Lipinski definition) is 5. The molecule has 0 atom stereocenters. The average Bonchev–Trinajstić information content (AvgIpc) is 2.54. The van der Waals surface area contributed by atoms with Crippen molar-refractivity contribution in [1.29, 1.82) is 0 Å². The molecule has 1 aliphatic rings. The topological polar surface area (TPSA) is 82.1 Å². The number of carbonyl (C=O) groups excluding carboxylic acids is 2. The first-order valence-electron chi connectivity index (χ1n) is 7.40. The molecule has 5 nitrogen and oxygen atoms in total. The van der Waals surface area contributed by atoms with E-state index in [9.17, 15) is 14.7 Å². The second kappa shape index (κ2) is 8.58. The predicted octanol–water partition coefficient (Wildman–Crippen LogP) is 1.54. The van der Waals surface area contributed by atoms with Crippen molar-refractivity contribution < 1.29 is 14.7 Å². The van der Waals surface area contributed by atoms with Crippen molar-refractivity contribution >= 4 is 23.6 Å². The van der Waals surface area contributed by atoms with Crippen LogP contribution >= 0.6 is 11.8 Å². The highest BCUT2D eigenvalue weighted by Gasteiger charge is 2.09. The number of carbonyl (C=O) groups is 2. The molecule has 0 unspecified atom stereocenters. The van der Waals surface area contributed by atoms with E-state index in [1.165, 1.54) is 36.7 Å². The maximum absolute atomic E-state index is 11.8. The minimum Gasteiger partial charge on any atom is -0.545 e. The minimum absolute atomic E-state index is 0.0210. The Hall–Kier alpha value is -1.82. The van der Waals surface area contributed by atoms with Gasteiger partial charge in [0.05, 0.1) is 11.7 Å². The molecule has 2 rings (SSSR count). The summed E-state index contributed by atoms with van der Waals surface area (Å²) in [5.41, 5.74) is 1.44. The minimum atomic E-state index is -1.28. The summed E-state index contributed by atoms with van der Waals surface area (Å²) in [7, 11) is 0. The fraction of sp³-hybridized carbons (Fsp3) is 0.438. The van der Waals surface area contributed by atoms with Gasteiger partial charge in [0.2, 0.25) is 5.91 Å². The Bertz CT molecular complexity index is 572. The summed E-state index contributed by atoms with van der Waals surface area (Å²) in [4.78, 5) is 26.7. The molecule has 1 amide bonds. The van der Waals surface area contributed by atoms with Gasteiger partial charge >= 0.3 is 0 Å². The summed E-state index contributed by atoms with van der Waals surface area (Å²) >= 11 is 1.11. The van der Waals surface area contributed by atoms with Crippen LogP contribution in [0.5, 0.6) is 0 Å². The summed E-state index contributed by atoms with van der Waals surface area (Å²) in [5, 5.41) is 14.1. The first kappa shape index (κ1) is 16.5. The molecule has 1 aromatic heterocycles. The number of carboxylic acids is 1. The van der Waals surface area contributed by atoms with E-state index in [1.54, 1.807) is 0 Å². The van der Waals surface area contributed by atoms with E-state index in [0.717, 1.165) is 31.0 Å². The summed E-state index contributed by atoms with van der Waals surface area (Å²) in [5.74, 6) is -1.24. The van der Waals surface area contributed by atoms with Crippen LogP contribution in [0.25, 0.3) is 0 Å². The van der Waals surface area contributed by atoms with Crippen molar-refractivity contribution in [2.24, 2.45) is 0 Å². The Kier molecular flexibility index (Phi) is 6.45. The van der Waals surface area contributed by atoms with Gasteiger partial charge in [-0.15, -0.1) is 0 Å². The highest BCUT2D eigenvalue weighted by Crippen LogP contribution is 2.20. The van der Waals surface area contributed by atoms with Gasteiger partial charge in [0.1, 0.15) is 5.03 Å². The summed E-state index contributed by atoms with van der Waals surface area (Å²) < 4.78 is 0. The lowest BCUT2D eigenvalue weighted by Crippen LogP contribution is -2.27. The van der Waals surface area contributed by atoms with Gasteiger partial charge < -0.3 is 15.2 Å². The Morgan fingerprint density at radius 3 is 2.95 bits per heavy atom. The number of thioether (sulfide) groups is 1. The van der Waals surface area contributed by atoms with Crippen LogP contribution < -0.4 is 10.4 Å². The largest absolute Gasteiger partial charge is 0.545 e. The normalized spacial score (nSPS) is 14.3. The highest BCUT2D eigenvalue weighted by molar-refractivity contribution is 8.00. The van der Waals surface area contributed by atoms with Gasteiger partial charge in [0, 0.05) is 18.3 Å². The van der Waals surface area contributed by atoms with Crippen LogP contribution in [0, 0.1) is 0 Å². The Labute approximate surface area is 134 Å². The number of nitrogens with one attached hydrogen (secondary N) is 1. The van der Waals surface area contributed by atoms with E-state index in [-0.39, 0.29) is 17.2 Å². The molecule has 0 aliphatic heterocycles. The Morgan fingerprint density at radius 2 is 2.23 bits per heavy atom. The number of nitrogens with zero attached hydrogens (tertiary/aromatic N) is 1. The summed E-state index contributed by atoms with van der Waals surface area (Å²) in [6.45, 7) is 0.626. The van der Waals surface area contributed by atoms with Gasteiger partial charge in [-0.1, -0.05) is 23.4 Å². The number of hydrogen-bond donors (Lipinski definition) is 1. The van der Waals surface area contributed by atoms with Crippen molar-refractivity contribution in [3.05, 3.63) is 35.5 Å². The van der Waals surface area contributed by atoms with E-state index < -0.39 is 5.97 Å². The first-order chi connectivity index (χ1) is 10.7. The van der Waals surface area contributed by atoms with E-state index in [4.69, 9.17) is 0 Å². The number of pyridine rings is 1. The van der Waals surface area contributed by atoms with Gasteiger partial charge in [0.15, 0.2) is 0 Å². The molecule has 0 saturated carbocycles. The molecule has 6 heteroatoms. The number of amides is 1. The van der Waals surface area contributed by atoms with Crippen LogP contribution in [0.2, 0.25) is 0 Å².